The molecule has 0 aliphatic rings. The molecule has 0 saturated carbocycles. The number of halogens is 1. The van der Waals surface area contributed by atoms with Crippen LogP contribution in [0, 0.1) is 0 Å². The van der Waals surface area contributed by atoms with E-state index in [0.717, 1.165) is 24.6 Å². The number of aromatic nitrogens is 2. The van der Waals surface area contributed by atoms with Gasteiger partial charge in [-0.25, -0.2) is 4.98 Å². The molecule has 1 aromatic heterocycles. The highest BCUT2D eigenvalue weighted by Crippen LogP contribution is 2.06. The van der Waals surface area contributed by atoms with Crippen LogP contribution in [0.25, 0.3) is 0 Å². The fourth-order valence-corrected chi connectivity index (χ4v) is 2.15. The van der Waals surface area contributed by atoms with Crippen molar-refractivity contribution in [3.63, 3.8) is 0 Å². The van der Waals surface area contributed by atoms with Gasteiger partial charge in [-0.1, -0.05) is 12.1 Å². The van der Waals surface area contributed by atoms with E-state index < -0.39 is 0 Å². The number of nitrogens with one attached hydrogen (secondary N) is 2. The summed E-state index contributed by atoms with van der Waals surface area (Å²) in [6.45, 7) is 2.22. The predicted octanol–water partition coefficient (Wildman–Crippen LogP) is 1.57. The summed E-state index contributed by atoms with van der Waals surface area (Å²) >= 11 is 0. The van der Waals surface area contributed by atoms with Crippen molar-refractivity contribution in [3.8, 4) is 0 Å². The van der Waals surface area contributed by atoms with Gasteiger partial charge in [-0.15, -0.1) is 24.0 Å². The number of imidazole rings is 1. The predicted molar refractivity (Wildman–Crippen MR) is 110 cm³/mol. The van der Waals surface area contributed by atoms with Crippen molar-refractivity contribution >= 4 is 35.8 Å². The summed E-state index contributed by atoms with van der Waals surface area (Å²) in [7, 11) is 5.24. The van der Waals surface area contributed by atoms with Gasteiger partial charge in [0, 0.05) is 58.7 Å². The first-order valence-electron chi connectivity index (χ1n) is 7.81. The minimum atomic E-state index is 0. The second-order valence-electron chi connectivity index (χ2n) is 5.55. The molecule has 0 fully saturated rings. The summed E-state index contributed by atoms with van der Waals surface area (Å²) < 4.78 is 2.00. The number of hydrogen-bond donors (Lipinski definition) is 2. The third-order valence-corrected chi connectivity index (χ3v) is 3.51. The first-order valence-corrected chi connectivity index (χ1v) is 7.81. The minimum absolute atomic E-state index is 0. The molecule has 1 heterocycles. The molecule has 0 aliphatic heterocycles. The fourth-order valence-electron chi connectivity index (χ4n) is 2.15. The van der Waals surface area contributed by atoms with Crippen molar-refractivity contribution in [3.05, 3.63) is 54.1 Å². The van der Waals surface area contributed by atoms with E-state index in [1.165, 1.54) is 0 Å². The Labute approximate surface area is 165 Å². The molecule has 1 aromatic carbocycles. The Kier molecular flexibility index (Phi) is 8.96. The van der Waals surface area contributed by atoms with Crippen molar-refractivity contribution in [2.45, 2.75) is 13.1 Å². The van der Waals surface area contributed by atoms with Crippen molar-refractivity contribution in [2.24, 2.45) is 4.99 Å². The number of rotatable bonds is 6. The van der Waals surface area contributed by atoms with Gasteiger partial charge in [0.15, 0.2) is 5.96 Å². The van der Waals surface area contributed by atoms with E-state index in [1.54, 1.807) is 38.6 Å². The third-order valence-electron chi connectivity index (χ3n) is 3.51. The van der Waals surface area contributed by atoms with Crippen LogP contribution in [-0.4, -0.2) is 54.0 Å². The standard InChI is InChI=1S/C17H24N6O.HI/c1-18-17(20-9-11-23-10-8-19-13-23)21-12-14-4-6-15(7-5-14)16(24)22(2)3;/h4-8,10,13H,9,11-12H2,1-3H3,(H2,18,20,21);1H. The summed E-state index contributed by atoms with van der Waals surface area (Å²) in [5.74, 6) is 0.745. The normalized spacial score (nSPS) is 10.8. The second kappa shape index (κ2) is 10.7. The van der Waals surface area contributed by atoms with Crippen molar-refractivity contribution < 1.29 is 4.79 Å². The van der Waals surface area contributed by atoms with Gasteiger partial charge in [-0.3, -0.25) is 9.79 Å². The Morgan fingerprint density at radius 2 is 1.96 bits per heavy atom. The molecule has 0 bridgehead atoms. The lowest BCUT2D eigenvalue weighted by atomic mass is 10.1. The molecule has 2 N–H and O–H groups in total. The number of guanidine groups is 1. The van der Waals surface area contributed by atoms with Gasteiger partial charge >= 0.3 is 0 Å². The zero-order chi connectivity index (χ0) is 17.4. The van der Waals surface area contributed by atoms with E-state index in [4.69, 9.17) is 0 Å². The smallest absolute Gasteiger partial charge is 0.253 e. The molecule has 0 atom stereocenters. The molecule has 0 aliphatic carbocycles. The van der Waals surface area contributed by atoms with E-state index in [1.807, 2.05) is 35.0 Å². The Hall–Kier alpha value is -2.10. The van der Waals surface area contributed by atoms with Crippen molar-refractivity contribution in [1.29, 1.82) is 0 Å². The maximum Gasteiger partial charge on any atom is 0.253 e. The number of benzene rings is 1. The molecule has 0 saturated heterocycles. The first kappa shape index (κ1) is 20.9. The lowest BCUT2D eigenvalue weighted by molar-refractivity contribution is 0.0827. The Bertz CT molecular complexity index is 667. The Balaban J connectivity index is 0.00000312. The number of amides is 1. The minimum Gasteiger partial charge on any atom is -0.355 e. The van der Waals surface area contributed by atoms with E-state index in [-0.39, 0.29) is 29.9 Å². The third kappa shape index (κ3) is 6.73. The van der Waals surface area contributed by atoms with Crippen molar-refractivity contribution in [2.75, 3.05) is 27.7 Å². The van der Waals surface area contributed by atoms with Crippen LogP contribution in [-0.2, 0) is 13.1 Å². The average molecular weight is 456 g/mol. The topological polar surface area (TPSA) is 74.5 Å². The van der Waals surface area contributed by atoms with Crippen molar-refractivity contribution in [1.82, 2.24) is 25.1 Å². The van der Waals surface area contributed by atoms with Gasteiger partial charge in [0.25, 0.3) is 5.91 Å². The van der Waals surface area contributed by atoms with Gasteiger partial charge in [-0.2, -0.15) is 0 Å². The van der Waals surface area contributed by atoms with Crippen LogP contribution < -0.4 is 10.6 Å². The molecular formula is C17H25IN6O. The van der Waals surface area contributed by atoms with E-state index in [9.17, 15) is 4.79 Å². The van der Waals surface area contributed by atoms with Crippen LogP contribution in [0.4, 0.5) is 0 Å². The summed E-state index contributed by atoms with van der Waals surface area (Å²) in [5.41, 5.74) is 1.77. The molecule has 1 amide bonds. The lowest BCUT2D eigenvalue weighted by Crippen LogP contribution is -2.38. The van der Waals surface area contributed by atoms with Gasteiger partial charge < -0.3 is 20.1 Å². The van der Waals surface area contributed by atoms with E-state index in [0.29, 0.717) is 12.1 Å². The summed E-state index contributed by atoms with van der Waals surface area (Å²) in [6, 6.07) is 7.58. The molecule has 8 heteroatoms. The number of carbonyl (C=O) groups is 1. The van der Waals surface area contributed by atoms with Crippen LogP contribution in [0.1, 0.15) is 15.9 Å². The molecule has 25 heavy (non-hydrogen) atoms. The van der Waals surface area contributed by atoms with Crippen LogP contribution in [0.2, 0.25) is 0 Å². The van der Waals surface area contributed by atoms with Gasteiger partial charge in [-0.05, 0) is 17.7 Å². The van der Waals surface area contributed by atoms with E-state index >= 15 is 0 Å². The quantitative estimate of drug-likeness (QED) is 0.393. The summed E-state index contributed by atoms with van der Waals surface area (Å²) in [6.07, 6.45) is 5.47. The Morgan fingerprint density at radius 1 is 1.24 bits per heavy atom. The van der Waals surface area contributed by atoms with Gasteiger partial charge in [0.1, 0.15) is 0 Å². The highest BCUT2D eigenvalue weighted by molar-refractivity contribution is 14.0. The molecule has 0 spiro atoms. The summed E-state index contributed by atoms with van der Waals surface area (Å²) in [5, 5.41) is 6.51. The highest BCUT2D eigenvalue weighted by Gasteiger charge is 2.07. The SMILES string of the molecule is CN=C(NCCn1ccnc1)NCc1ccc(C(=O)N(C)C)cc1.I. The van der Waals surface area contributed by atoms with Crippen LogP contribution in [0.3, 0.4) is 0 Å². The molecule has 0 radical (unpaired) electrons. The van der Waals surface area contributed by atoms with Crippen LogP contribution >= 0.6 is 24.0 Å². The number of aliphatic imine (C=N–C) groups is 1. The highest BCUT2D eigenvalue weighted by atomic mass is 127. The largest absolute Gasteiger partial charge is 0.355 e. The zero-order valence-electron chi connectivity index (χ0n) is 14.8. The molecule has 2 aromatic rings. The molecule has 0 unspecified atom stereocenters. The number of carbonyl (C=O) groups excluding carboxylic acids is 1. The molecule has 136 valence electrons. The Morgan fingerprint density at radius 3 is 2.52 bits per heavy atom. The molecule has 7 nitrogen and oxygen atoms in total. The molecule has 2 rings (SSSR count). The number of hydrogen-bond acceptors (Lipinski definition) is 3. The van der Waals surface area contributed by atoms with Crippen LogP contribution in [0.15, 0.2) is 48.0 Å². The maximum absolute atomic E-state index is 11.9. The number of nitrogens with zero attached hydrogens (tertiary/aromatic N) is 4. The summed E-state index contributed by atoms with van der Waals surface area (Å²) in [4.78, 5) is 21.6. The fraction of sp³-hybridized carbons (Fsp3) is 0.353. The first-order chi connectivity index (χ1) is 11.6. The van der Waals surface area contributed by atoms with E-state index in [2.05, 4.69) is 20.6 Å². The van der Waals surface area contributed by atoms with Gasteiger partial charge in [0.2, 0.25) is 0 Å². The molecular weight excluding hydrogens is 431 g/mol. The van der Waals surface area contributed by atoms with Crippen LogP contribution in [0.5, 0.6) is 0 Å². The lowest BCUT2D eigenvalue weighted by Gasteiger charge is -2.13. The maximum atomic E-state index is 11.9. The van der Waals surface area contributed by atoms with Gasteiger partial charge in [0.05, 0.1) is 6.33 Å². The zero-order valence-corrected chi connectivity index (χ0v) is 17.1. The monoisotopic (exact) mass is 456 g/mol. The average Bonchev–Trinajstić information content (AvgIpc) is 3.11. The second-order valence-corrected chi connectivity index (χ2v) is 5.55.